The molecule has 0 fully saturated rings. The van der Waals surface area contributed by atoms with Gasteiger partial charge in [0.05, 0.1) is 35.4 Å². The maximum Gasteiger partial charge on any atom is 0.229 e. The Morgan fingerprint density at radius 2 is 2.04 bits per heavy atom. The molecule has 0 saturated carbocycles. The molecule has 0 amide bonds. The van der Waals surface area contributed by atoms with Gasteiger partial charge in [-0.15, -0.1) is 0 Å². The SMILES string of the molecule is Cc1nn(-c2ccccc2)c2c1[C@@H](c1ccoc1)C(C#N)=C(N)O2. The van der Waals surface area contributed by atoms with E-state index in [4.69, 9.17) is 14.9 Å². The second-order valence-electron chi connectivity index (χ2n) is 5.53. The molecule has 118 valence electrons. The van der Waals surface area contributed by atoms with Crippen LogP contribution >= 0.6 is 0 Å². The molecule has 6 heteroatoms. The van der Waals surface area contributed by atoms with Gasteiger partial charge in [-0.25, -0.2) is 4.68 Å². The number of fused-ring (bicyclic) bond motifs is 1. The summed E-state index contributed by atoms with van der Waals surface area (Å²) in [7, 11) is 0. The molecular formula is C18H14N4O2. The van der Waals surface area contributed by atoms with Crippen LogP contribution in [0.4, 0.5) is 0 Å². The Kier molecular flexibility index (Phi) is 3.14. The summed E-state index contributed by atoms with van der Waals surface area (Å²) < 4.78 is 12.7. The fraction of sp³-hybridized carbons (Fsp3) is 0.111. The van der Waals surface area contributed by atoms with Crippen molar-refractivity contribution >= 4 is 0 Å². The molecule has 1 aliphatic heterocycles. The molecule has 2 N–H and O–H groups in total. The molecule has 0 aliphatic carbocycles. The third-order valence-electron chi connectivity index (χ3n) is 4.11. The van der Waals surface area contributed by atoms with Gasteiger partial charge in [0, 0.05) is 5.56 Å². The maximum atomic E-state index is 9.55. The van der Waals surface area contributed by atoms with E-state index in [1.807, 2.05) is 43.3 Å². The molecule has 3 aromatic rings. The van der Waals surface area contributed by atoms with Crippen molar-refractivity contribution in [2.45, 2.75) is 12.8 Å². The lowest BCUT2D eigenvalue weighted by molar-refractivity contribution is 0.367. The number of aromatic nitrogens is 2. The van der Waals surface area contributed by atoms with Crippen LogP contribution in [-0.4, -0.2) is 9.78 Å². The standard InChI is InChI=1S/C18H14N4O2/c1-11-15-16(12-7-8-23-10-12)14(9-19)17(20)24-18(15)22(21-11)13-5-3-2-4-6-13/h2-8,10,16H,20H2,1H3/t16-/m0/s1. The lowest BCUT2D eigenvalue weighted by Gasteiger charge is -2.23. The summed E-state index contributed by atoms with van der Waals surface area (Å²) in [5.74, 6) is 0.268. The van der Waals surface area contributed by atoms with Crippen molar-refractivity contribution in [1.82, 2.24) is 9.78 Å². The first-order valence-electron chi connectivity index (χ1n) is 7.45. The average molecular weight is 318 g/mol. The second kappa shape index (κ2) is 5.32. The Morgan fingerprint density at radius 3 is 2.71 bits per heavy atom. The second-order valence-corrected chi connectivity index (χ2v) is 5.53. The minimum atomic E-state index is -0.352. The van der Waals surface area contributed by atoms with Crippen molar-refractivity contribution in [1.29, 1.82) is 5.26 Å². The first kappa shape index (κ1) is 14.2. The maximum absolute atomic E-state index is 9.55. The lowest BCUT2D eigenvalue weighted by atomic mass is 9.85. The number of nitrogens with two attached hydrogens (primary N) is 1. The predicted octanol–water partition coefficient (Wildman–Crippen LogP) is 2.99. The molecule has 24 heavy (non-hydrogen) atoms. The van der Waals surface area contributed by atoms with Crippen molar-refractivity contribution < 1.29 is 9.15 Å². The summed E-state index contributed by atoms with van der Waals surface area (Å²) in [6.07, 6.45) is 3.19. The van der Waals surface area contributed by atoms with E-state index in [-0.39, 0.29) is 11.8 Å². The molecule has 0 radical (unpaired) electrons. The molecule has 0 unspecified atom stereocenters. The summed E-state index contributed by atoms with van der Waals surface area (Å²) in [6, 6.07) is 13.6. The van der Waals surface area contributed by atoms with Gasteiger partial charge in [0.2, 0.25) is 11.8 Å². The molecule has 1 aromatic carbocycles. The number of hydrogen-bond acceptors (Lipinski definition) is 5. The summed E-state index contributed by atoms with van der Waals surface area (Å²) in [4.78, 5) is 0. The first-order chi connectivity index (χ1) is 11.7. The molecule has 4 rings (SSSR count). The molecule has 6 nitrogen and oxygen atoms in total. The van der Waals surface area contributed by atoms with Gasteiger partial charge in [-0.05, 0) is 25.1 Å². The van der Waals surface area contributed by atoms with Gasteiger partial charge < -0.3 is 14.9 Å². The Bertz CT molecular complexity index is 963. The van der Waals surface area contributed by atoms with Crippen LogP contribution in [0.2, 0.25) is 0 Å². The number of aryl methyl sites for hydroxylation is 1. The Hall–Kier alpha value is -3.46. The highest BCUT2D eigenvalue weighted by Gasteiger charge is 2.36. The van der Waals surface area contributed by atoms with Crippen LogP contribution < -0.4 is 10.5 Å². The topological polar surface area (TPSA) is 90.0 Å². The van der Waals surface area contributed by atoms with Crippen molar-refractivity contribution in [2.75, 3.05) is 0 Å². The van der Waals surface area contributed by atoms with Gasteiger partial charge in [-0.3, -0.25) is 0 Å². The average Bonchev–Trinajstić information content (AvgIpc) is 3.23. The van der Waals surface area contributed by atoms with Crippen LogP contribution in [0.25, 0.3) is 5.69 Å². The van der Waals surface area contributed by atoms with Crippen LogP contribution in [0.1, 0.15) is 22.7 Å². The van der Waals surface area contributed by atoms with Gasteiger partial charge in [-0.1, -0.05) is 18.2 Å². The summed E-state index contributed by atoms with van der Waals surface area (Å²) >= 11 is 0. The number of furan rings is 1. The summed E-state index contributed by atoms with van der Waals surface area (Å²) in [6.45, 7) is 1.89. The van der Waals surface area contributed by atoms with Gasteiger partial charge in [0.25, 0.3) is 0 Å². The molecule has 0 spiro atoms. The number of rotatable bonds is 2. The largest absolute Gasteiger partial charge is 0.472 e. The van der Waals surface area contributed by atoms with Crippen molar-refractivity contribution in [3.05, 3.63) is 77.2 Å². The number of hydrogen-bond donors (Lipinski definition) is 1. The zero-order chi connectivity index (χ0) is 16.7. The van der Waals surface area contributed by atoms with Gasteiger partial charge in [-0.2, -0.15) is 10.4 Å². The van der Waals surface area contributed by atoms with E-state index >= 15 is 0 Å². The van der Waals surface area contributed by atoms with Crippen LogP contribution in [0.3, 0.4) is 0 Å². The van der Waals surface area contributed by atoms with Gasteiger partial charge in [0.15, 0.2) is 0 Å². The summed E-state index contributed by atoms with van der Waals surface area (Å²) in [5, 5.41) is 14.1. The fourth-order valence-corrected chi connectivity index (χ4v) is 3.03. The number of benzene rings is 1. The third kappa shape index (κ3) is 1.99. The zero-order valence-electron chi connectivity index (χ0n) is 12.9. The lowest BCUT2D eigenvalue weighted by Crippen LogP contribution is -2.21. The van der Waals surface area contributed by atoms with Crippen molar-refractivity contribution in [3.8, 4) is 17.6 Å². The fourth-order valence-electron chi connectivity index (χ4n) is 3.03. The predicted molar refractivity (Wildman–Crippen MR) is 86.3 cm³/mol. The highest BCUT2D eigenvalue weighted by molar-refractivity contribution is 5.56. The quantitative estimate of drug-likeness (QED) is 0.784. The number of nitrogens with zero attached hydrogens (tertiary/aromatic N) is 3. The normalized spacial score (nSPS) is 16.4. The van der Waals surface area contributed by atoms with Gasteiger partial charge >= 0.3 is 0 Å². The Morgan fingerprint density at radius 1 is 1.25 bits per heavy atom. The molecule has 2 aromatic heterocycles. The molecule has 1 atom stereocenters. The number of ether oxygens (including phenoxy) is 1. The highest BCUT2D eigenvalue weighted by atomic mass is 16.5. The van der Waals surface area contributed by atoms with Crippen LogP contribution in [-0.2, 0) is 0 Å². The monoisotopic (exact) mass is 318 g/mol. The van der Waals surface area contributed by atoms with Crippen LogP contribution in [0, 0.1) is 18.3 Å². The van der Waals surface area contributed by atoms with Crippen LogP contribution in [0.5, 0.6) is 5.88 Å². The zero-order valence-corrected chi connectivity index (χ0v) is 12.9. The number of allylic oxidation sites excluding steroid dienone is 1. The number of para-hydroxylation sites is 1. The van der Waals surface area contributed by atoms with E-state index in [1.54, 1.807) is 17.2 Å². The Labute approximate surface area is 138 Å². The first-order valence-corrected chi connectivity index (χ1v) is 7.45. The molecule has 0 bridgehead atoms. The molecular weight excluding hydrogens is 304 g/mol. The van der Waals surface area contributed by atoms with E-state index in [0.717, 1.165) is 22.5 Å². The van der Waals surface area contributed by atoms with E-state index in [9.17, 15) is 5.26 Å². The highest BCUT2D eigenvalue weighted by Crippen LogP contribution is 2.44. The van der Waals surface area contributed by atoms with Crippen molar-refractivity contribution in [2.24, 2.45) is 5.73 Å². The number of nitriles is 1. The smallest absolute Gasteiger partial charge is 0.229 e. The van der Waals surface area contributed by atoms with Gasteiger partial charge in [0.1, 0.15) is 11.6 Å². The van der Waals surface area contributed by atoms with E-state index < -0.39 is 0 Å². The molecule has 1 aliphatic rings. The Balaban J connectivity index is 1.97. The van der Waals surface area contributed by atoms with E-state index in [0.29, 0.717) is 11.5 Å². The summed E-state index contributed by atoms with van der Waals surface area (Å²) in [5.41, 5.74) is 9.69. The minimum absolute atomic E-state index is 0.0910. The third-order valence-corrected chi connectivity index (χ3v) is 4.11. The van der Waals surface area contributed by atoms with E-state index in [1.165, 1.54) is 0 Å². The molecule has 3 heterocycles. The van der Waals surface area contributed by atoms with E-state index in [2.05, 4.69) is 11.2 Å². The molecule has 0 saturated heterocycles. The van der Waals surface area contributed by atoms with Crippen LogP contribution in [0.15, 0.2) is 64.8 Å². The van der Waals surface area contributed by atoms with Crippen molar-refractivity contribution in [3.63, 3.8) is 0 Å². The minimum Gasteiger partial charge on any atom is -0.472 e.